The summed E-state index contributed by atoms with van der Waals surface area (Å²) in [6.45, 7) is 0.871. The Balaban J connectivity index is 1.60. The van der Waals surface area contributed by atoms with Crippen molar-refractivity contribution in [2.24, 2.45) is 5.92 Å². The van der Waals surface area contributed by atoms with E-state index in [0.29, 0.717) is 31.5 Å². The van der Waals surface area contributed by atoms with E-state index in [-0.39, 0.29) is 29.2 Å². The van der Waals surface area contributed by atoms with Crippen molar-refractivity contribution in [3.05, 3.63) is 59.3 Å². The number of carbonyl (C=O) groups excluding carboxylic acids is 1. The number of rotatable bonds is 4. The normalized spacial score (nSPS) is 16.6. The van der Waals surface area contributed by atoms with Gasteiger partial charge >= 0.3 is 5.97 Å². The summed E-state index contributed by atoms with van der Waals surface area (Å²) in [5, 5.41) is 19.3. The molecule has 132 valence electrons. The number of likely N-dealkylation sites (tertiary alicyclic amines) is 1. The molecule has 6 nitrogen and oxygen atoms in total. The van der Waals surface area contributed by atoms with Crippen LogP contribution in [0.25, 0.3) is 0 Å². The van der Waals surface area contributed by atoms with Gasteiger partial charge in [-0.2, -0.15) is 0 Å². The van der Waals surface area contributed by atoms with Gasteiger partial charge in [-0.25, -0.2) is 9.18 Å². The van der Waals surface area contributed by atoms with Gasteiger partial charge in [0.25, 0.3) is 5.91 Å². The lowest BCUT2D eigenvalue weighted by atomic mass is 9.87. The van der Waals surface area contributed by atoms with E-state index < -0.39 is 12.1 Å². The summed E-state index contributed by atoms with van der Waals surface area (Å²) in [4.78, 5) is 24.8. The van der Waals surface area contributed by atoms with E-state index in [0.717, 1.165) is 0 Å². The summed E-state index contributed by atoms with van der Waals surface area (Å²) < 4.78 is 18.0. The predicted octanol–water partition coefficient (Wildman–Crippen LogP) is 2.70. The number of aliphatic hydroxyl groups excluding tert-OH is 1. The molecule has 1 aromatic heterocycles. The van der Waals surface area contributed by atoms with Crippen LogP contribution in [-0.4, -0.2) is 40.1 Å². The second-order valence-electron chi connectivity index (χ2n) is 6.10. The Morgan fingerprint density at radius 1 is 1.08 bits per heavy atom. The minimum Gasteiger partial charge on any atom is -0.475 e. The molecule has 1 aliphatic heterocycles. The summed E-state index contributed by atoms with van der Waals surface area (Å²) in [7, 11) is 0. The van der Waals surface area contributed by atoms with E-state index in [1.54, 1.807) is 17.0 Å². The van der Waals surface area contributed by atoms with Gasteiger partial charge in [-0.15, -0.1) is 0 Å². The second kappa shape index (κ2) is 7.06. The highest BCUT2D eigenvalue weighted by atomic mass is 19.1. The zero-order chi connectivity index (χ0) is 18.0. The lowest BCUT2D eigenvalue weighted by Crippen LogP contribution is -2.39. The minimum absolute atomic E-state index is 0.00469. The van der Waals surface area contributed by atoms with Crippen LogP contribution in [0.5, 0.6) is 0 Å². The van der Waals surface area contributed by atoms with Crippen molar-refractivity contribution in [1.82, 2.24) is 4.90 Å². The molecule has 0 aliphatic carbocycles. The van der Waals surface area contributed by atoms with Gasteiger partial charge < -0.3 is 19.5 Å². The smallest absolute Gasteiger partial charge is 0.371 e. The maximum Gasteiger partial charge on any atom is 0.371 e. The fourth-order valence-electron chi connectivity index (χ4n) is 3.07. The van der Waals surface area contributed by atoms with E-state index in [4.69, 9.17) is 9.52 Å². The Hall–Kier alpha value is -2.67. The van der Waals surface area contributed by atoms with Gasteiger partial charge in [0.05, 0.1) is 6.10 Å². The first-order valence-electron chi connectivity index (χ1n) is 8.01. The Kier molecular flexibility index (Phi) is 4.85. The maximum absolute atomic E-state index is 13.0. The third-order valence-corrected chi connectivity index (χ3v) is 4.51. The molecule has 0 saturated carbocycles. The number of amides is 1. The maximum atomic E-state index is 13.0. The first-order valence-corrected chi connectivity index (χ1v) is 8.01. The molecule has 1 saturated heterocycles. The molecule has 0 bridgehead atoms. The molecule has 2 aromatic rings. The quantitative estimate of drug-likeness (QED) is 0.887. The average Bonchev–Trinajstić information content (AvgIpc) is 3.12. The molecule has 2 N–H and O–H groups in total. The van der Waals surface area contributed by atoms with Crippen LogP contribution < -0.4 is 0 Å². The van der Waals surface area contributed by atoms with Crippen LogP contribution in [0.3, 0.4) is 0 Å². The number of nitrogens with zero attached hydrogens (tertiary/aromatic N) is 1. The second-order valence-corrected chi connectivity index (χ2v) is 6.10. The molecule has 1 aromatic carbocycles. The monoisotopic (exact) mass is 347 g/mol. The fourth-order valence-corrected chi connectivity index (χ4v) is 3.07. The number of benzene rings is 1. The van der Waals surface area contributed by atoms with Gasteiger partial charge in [-0.1, -0.05) is 12.1 Å². The fraction of sp³-hybridized carbons (Fsp3) is 0.333. The van der Waals surface area contributed by atoms with Crippen LogP contribution in [0.15, 0.2) is 40.8 Å². The standard InChI is InChI=1S/C18H18FNO5/c19-13-3-1-11(2-4-13)16(21)12-7-9-20(10-8-12)17(22)14-5-6-15(25-14)18(23)24/h1-6,12,16,21H,7-10H2,(H,23,24). The lowest BCUT2D eigenvalue weighted by molar-refractivity contribution is 0.0439. The highest BCUT2D eigenvalue weighted by Gasteiger charge is 2.30. The summed E-state index contributed by atoms with van der Waals surface area (Å²) >= 11 is 0. The third kappa shape index (κ3) is 3.71. The van der Waals surface area contributed by atoms with Crippen molar-refractivity contribution in [2.45, 2.75) is 18.9 Å². The molecular formula is C18H18FNO5. The molecule has 7 heteroatoms. The Morgan fingerprint density at radius 3 is 2.24 bits per heavy atom. The topological polar surface area (TPSA) is 91.0 Å². The number of furan rings is 1. The molecule has 2 heterocycles. The Morgan fingerprint density at radius 2 is 1.68 bits per heavy atom. The van der Waals surface area contributed by atoms with Crippen molar-refractivity contribution < 1.29 is 28.6 Å². The number of halogens is 1. The van der Waals surface area contributed by atoms with Crippen LogP contribution >= 0.6 is 0 Å². The number of carboxylic acid groups (broad SMARTS) is 1. The highest BCUT2D eigenvalue weighted by molar-refractivity contribution is 5.93. The van der Waals surface area contributed by atoms with Gasteiger partial charge in [-0.3, -0.25) is 4.79 Å². The largest absolute Gasteiger partial charge is 0.475 e. The lowest BCUT2D eigenvalue weighted by Gasteiger charge is -2.34. The highest BCUT2D eigenvalue weighted by Crippen LogP contribution is 2.31. The predicted molar refractivity (Wildman–Crippen MR) is 85.7 cm³/mol. The van der Waals surface area contributed by atoms with E-state index in [1.807, 2.05) is 0 Å². The Bertz CT molecular complexity index is 762. The molecule has 1 aliphatic rings. The van der Waals surface area contributed by atoms with Gasteiger partial charge in [-0.05, 0) is 48.6 Å². The van der Waals surface area contributed by atoms with Gasteiger partial charge in [0.2, 0.25) is 5.76 Å². The number of piperidine rings is 1. The van der Waals surface area contributed by atoms with Crippen molar-refractivity contribution in [1.29, 1.82) is 0 Å². The number of hydrogen-bond acceptors (Lipinski definition) is 4. The van der Waals surface area contributed by atoms with Crippen LogP contribution in [-0.2, 0) is 0 Å². The number of carbonyl (C=O) groups is 2. The van der Waals surface area contributed by atoms with E-state index in [9.17, 15) is 19.1 Å². The molecule has 0 radical (unpaired) electrons. The molecule has 1 atom stereocenters. The Labute approximate surface area is 143 Å². The van der Waals surface area contributed by atoms with Crippen LogP contribution in [0, 0.1) is 11.7 Å². The van der Waals surface area contributed by atoms with E-state index in [2.05, 4.69) is 0 Å². The first kappa shape index (κ1) is 17.2. The molecule has 1 amide bonds. The number of aliphatic hydroxyl groups is 1. The summed E-state index contributed by atoms with van der Waals surface area (Å²) in [5.74, 6) is -2.24. The average molecular weight is 347 g/mol. The first-order chi connectivity index (χ1) is 12.0. The van der Waals surface area contributed by atoms with E-state index in [1.165, 1.54) is 24.3 Å². The van der Waals surface area contributed by atoms with Gasteiger partial charge in [0.1, 0.15) is 5.82 Å². The zero-order valence-corrected chi connectivity index (χ0v) is 13.4. The minimum atomic E-state index is -1.22. The van der Waals surface area contributed by atoms with Crippen molar-refractivity contribution >= 4 is 11.9 Å². The molecule has 1 unspecified atom stereocenters. The van der Waals surface area contributed by atoms with Crippen molar-refractivity contribution in [3.63, 3.8) is 0 Å². The summed E-state index contributed by atoms with van der Waals surface area (Å²) in [6.07, 6.45) is 0.480. The van der Waals surface area contributed by atoms with Crippen LogP contribution in [0.2, 0.25) is 0 Å². The van der Waals surface area contributed by atoms with Gasteiger partial charge in [0, 0.05) is 13.1 Å². The molecule has 25 heavy (non-hydrogen) atoms. The van der Waals surface area contributed by atoms with Crippen molar-refractivity contribution in [3.8, 4) is 0 Å². The third-order valence-electron chi connectivity index (χ3n) is 4.51. The van der Waals surface area contributed by atoms with Gasteiger partial charge in [0.15, 0.2) is 5.76 Å². The molecule has 1 fully saturated rings. The SMILES string of the molecule is O=C(O)c1ccc(C(=O)N2CCC(C(O)c3ccc(F)cc3)CC2)o1. The number of hydrogen-bond donors (Lipinski definition) is 2. The summed E-state index contributed by atoms with van der Waals surface area (Å²) in [6, 6.07) is 8.36. The zero-order valence-electron chi connectivity index (χ0n) is 13.4. The summed E-state index contributed by atoms with van der Waals surface area (Å²) in [5.41, 5.74) is 0.656. The molecular weight excluding hydrogens is 329 g/mol. The van der Waals surface area contributed by atoms with Crippen LogP contribution in [0.4, 0.5) is 4.39 Å². The van der Waals surface area contributed by atoms with Crippen molar-refractivity contribution in [2.75, 3.05) is 13.1 Å². The van der Waals surface area contributed by atoms with E-state index >= 15 is 0 Å². The molecule has 3 rings (SSSR count). The van der Waals surface area contributed by atoms with Crippen LogP contribution in [0.1, 0.15) is 45.6 Å². The molecule has 0 spiro atoms. The number of carboxylic acids is 1. The number of aromatic carboxylic acids is 1.